The van der Waals surface area contributed by atoms with Crippen LogP contribution in [0.1, 0.15) is 31.2 Å². The number of carbonyl (C=O) groups excluding carboxylic acids is 3. The molecule has 2 rings (SSSR count). The number of urea groups is 1. The molecule has 27 heavy (non-hydrogen) atoms. The van der Waals surface area contributed by atoms with E-state index in [2.05, 4.69) is 5.32 Å². The van der Waals surface area contributed by atoms with Crippen molar-refractivity contribution in [2.75, 3.05) is 20.1 Å². The molecule has 1 fully saturated rings. The lowest BCUT2D eigenvalue weighted by Crippen LogP contribution is -2.38. The van der Waals surface area contributed by atoms with Crippen LogP contribution in [-0.4, -0.2) is 64.9 Å². The van der Waals surface area contributed by atoms with Crippen LogP contribution in [0.2, 0.25) is 0 Å². The van der Waals surface area contributed by atoms with E-state index in [0.717, 1.165) is 10.5 Å². The summed E-state index contributed by atoms with van der Waals surface area (Å²) in [5, 5.41) is 11.8. The van der Waals surface area contributed by atoms with Crippen molar-refractivity contribution in [1.29, 1.82) is 0 Å². The maximum Gasteiger partial charge on any atom is 0.326 e. The summed E-state index contributed by atoms with van der Waals surface area (Å²) in [6.07, 6.45) is 1.39. The molecule has 0 bridgehead atoms. The Kier molecular flexibility index (Phi) is 7.34. The van der Waals surface area contributed by atoms with Crippen LogP contribution in [0.5, 0.6) is 0 Å². The summed E-state index contributed by atoms with van der Waals surface area (Å²) >= 11 is 0. The second-order valence-corrected chi connectivity index (χ2v) is 6.67. The maximum atomic E-state index is 12.2. The van der Waals surface area contributed by atoms with Crippen LogP contribution in [0.3, 0.4) is 0 Å². The first-order chi connectivity index (χ1) is 12.9. The van der Waals surface area contributed by atoms with Gasteiger partial charge in [-0.05, 0) is 24.8 Å². The fourth-order valence-corrected chi connectivity index (χ4v) is 3.01. The first-order valence-corrected chi connectivity index (χ1v) is 8.97. The highest BCUT2D eigenvalue weighted by molar-refractivity contribution is 6.01. The zero-order valence-electron chi connectivity index (χ0n) is 15.4. The zero-order valence-corrected chi connectivity index (χ0v) is 15.4. The minimum Gasteiger partial charge on any atom is -0.481 e. The van der Waals surface area contributed by atoms with E-state index in [9.17, 15) is 19.2 Å². The molecule has 146 valence electrons. The van der Waals surface area contributed by atoms with Crippen LogP contribution in [0.4, 0.5) is 4.79 Å². The molecule has 8 heteroatoms. The summed E-state index contributed by atoms with van der Waals surface area (Å²) in [5.41, 5.74) is 1.02. The van der Waals surface area contributed by atoms with Gasteiger partial charge >= 0.3 is 12.0 Å². The zero-order chi connectivity index (χ0) is 19.8. The van der Waals surface area contributed by atoms with Crippen molar-refractivity contribution >= 4 is 23.8 Å². The number of hydrogen-bond acceptors (Lipinski definition) is 4. The van der Waals surface area contributed by atoms with Gasteiger partial charge in [-0.15, -0.1) is 0 Å². The highest BCUT2D eigenvalue weighted by Crippen LogP contribution is 2.11. The molecular formula is C19H25N3O5. The summed E-state index contributed by atoms with van der Waals surface area (Å²) < 4.78 is 0. The molecule has 1 saturated heterocycles. The van der Waals surface area contributed by atoms with Crippen molar-refractivity contribution in [2.24, 2.45) is 0 Å². The standard InChI is InChI=1S/C19H25N3O5/c1-21-13-17(24)22(19(21)27)11-5-8-16(23)20-15(9-10-18(25)26)12-14-6-3-2-4-7-14/h2-4,6-7,15H,5,8-13H2,1H3,(H,20,23)(H,25,26). The van der Waals surface area contributed by atoms with Gasteiger partial charge in [0.05, 0.1) is 0 Å². The Morgan fingerprint density at radius 3 is 2.48 bits per heavy atom. The Morgan fingerprint density at radius 2 is 1.89 bits per heavy atom. The van der Waals surface area contributed by atoms with Gasteiger partial charge in [0.1, 0.15) is 6.54 Å². The number of carboxylic acids is 1. The van der Waals surface area contributed by atoms with E-state index in [1.807, 2.05) is 30.3 Å². The number of amides is 4. The lowest BCUT2D eigenvalue weighted by molar-refractivity contribution is -0.137. The van der Waals surface area contributed by atoms with Crippen LogP contribution >= 0.6 is 0 Å². The average molecular weight is 375 g/mol. The third-order valence-corrected chi connectivity index (χ3v) is 4.41. The average Bonchev–Trinajstić information content (AvgIpc) is 2.86. The minimum atomic E-state index is -0.905. The van der Waals surface area contributed by atoms with Gasteiger partial charge in [-0.2, -0.15) is 0 Å². The van der Waals surface area contributed by atoms with E-state index in [1.165, 1.54) is 4.90 Å². The number of hydrogen-bond donors (Lipinski definition) is 2. The summed E-state index contributed by atoms with van der Waals surface area (Å²) in [6.45, 7) is 0.271. The molecule has 0 spiro atoms. The minimum absolute atomic E-state index is 0.0269. The number of nitrogens with zero attached hydrogens (tertiary/aromatic N) is 2. The van der Waals surface area contributed by atoms with Gasteiger partial charge in [0.25, 0.3) is 0 Å². The molecular weight excluding hydrogens is 350 g/mol. The molecule has 1 unspecified atom stereocenters. The van der Waals surface area contributed by atoms with Crippen molar-refractivity contribution < 1.29 is 24.3 Å². The highest BCUT2D eigenvalue weighted by atomic mass is 16.4. The van der Waals surface area contributed by atoms with Crippen LogP contribution in [0, 0.1) is 0 Å². The molecule has 8 nitrogen and oxygen atoms in total. The Hall–Kier alpha value is -2.90. The first kappa shape index (κ1) is 20.4. The molecule has 1 aliphatic rings. The third kappa shape index (κ3) is 6.40. The van der Waals surface area contributed by atoms with Crippen molar-refractivity contribution in [3.05, 3.63) is 35.9 Å². The smallest absolute Gasteiger partial charge is 0.326 e. The molecule has 0 aliphatic carbocycles. The molecule has 1 heterocycles. The fraction of sp³-hybridized carbons (Fsp3) is 0.474. The van der Waals surface area contributed by atoms with Gasteiger partial charge in [0.15, 0.2) is 0 Å². The second kappa shape index (κ2) is 9.70. The van der Waals surface area contributed by atoms with Crippen LogP contribution in [0.15, 0.2) is 30.3 Å². The van der Waals surface area contributed by atoms with E-state index in [4.69, 9.17) is 5.11 Å². The lowest BCUT2D eigenvalue weighted by Gasteiger charge is -2.19. The molecule has 1 aliphatic heterocycles. The van der Waals surface area contributed by atoms with Gasteiger partial charge in [-0.3, -0.25) is 19.3 Å². The van der Waals surface area contributed by atoms with E-state index >= 15 is 0 Å². The number of likely N-dealkylation sites (N-methyl/N-ethyl adjacent to an activating group) is 1. The highest BCUT2D eigenvalue weighted by Gasteiger charge is 2.32. The molecule has 1 aromatic rings. The van der Waals surface area contributed by atoms with E-state index in [0.29, 0.717) is 19.3 Å². The molecule has 0 aromatic heterocycles. The van der Waals surface area contributed by atoms with E-state index in [1.54, 1.807) is 7.05 Å². The van der Waals surface area contributed by atoms with E-state index in [-0.39, 0.29) is 49.8 Å². The molecule has 1 atom stereocenters. The Morgan fingerprint density at radius 1 is 1.19 bits per heavy atom. The number of imide groups is 1. The van der Waals surface area contributed by atoms with Crippen LogP contribution < -0.4 is 5.32 Å². The van der Waals surface area contributed by atoms with Crippen molar-refractivity contribution in [2.45, 2.75) is 38.1 Å². The van der Waals surface area contributed by atoms with Crippen molar-refractivity contribution in [3.63, 3.8) is 0 Å². The SMILES string of the molecule is CN1CC(=O)N(CCCC(=O)NC(CCC(=O)O)Cc2ccccc2)C1=O. The third-order valence-electron chi connectivity index (χ3n) is 4.41. The number of benzene rings is 1. The molecule has 2 N–H and O–H groups in total. The van der Waals surface area contributed by atoms with Gasteiger partial charge in [-0.25, -0.2) is 4.79 Å². The van der Waals surface area contributed by atoms with Gasteiger partial charge < -0.3 is 15.3 Å². The molecule has 0 radical (unpaired) electrons. The number of carboxylic acid groups (broad SMARTS) is 1. The molecule has 4 amide bonds. The van der Waals surface area contributed by atoms with Crippen molar-refractivity contribution in [3.8, 4) is 0 Å². The quantitative estimate of drug-likeness (QED) is 0.599. The van der Waals surface area contributed by atoms with E-state index < -0.39 is 5.97 Å². The Balaban J connectivity index is 1.82. The summed E-state index contributed by atoms with van der Waals surface area (Å²) in [6, 6.07) is 8.93. The van der Waals surface area contributed by atoms with Gasteiger partial charge in [0.2, 0.25) is 11.8 Å². The first-order valence-electron chi connectivity index (χ1n) is 8.97. The topological polar surface area (TPSA) is 107 Å². The number of aliphatic carboxylic acids is 1. The lowest BCUT2D eigenvalue weighted by atomic mass is 10.0. The van der Waals surface area contributed by atoms with Gasteiger partial charge in [0, 0.05) is 32.5 Å². The summed E-state index contributed by atoms with van der Waals surface area (Å²) in [7, 11) is 1.56. The Labute approximate surface area is 158 Å². The fourth-order valence-electron chi connectivity index (χ4n) is 3.01. The van der Waals surface area contributed by atoms with Crippen molar-refractivity contribution in [1.82, 2.24) is 15.1 Å². The van der Waals surface area contributed by atoms with Crippen LogP contribution in [0.25, 0.3) is 0 Å². The monoisotopic (exact) mass is 375 g/mol. The largest absolute Gasteiger partial charge is 0.481 e. The normalized spacial score (nSPS) is 15.1. The summed E-state index contributed by atoms with van der Waals surface area (Å²) in [5.74, 6) is -1.38. The second-order valence-electron chi connectivity index (χ2n) is 6.67. The maximum absolute atomic E-state index is 12.2. The number of nitrogens with one attached hydrogen (secondary N) is 1. The predicted octanol–water partition coefficient (Wildman–Crippen LogP) is 1.25. The van der Waals surface area contributed by atoms with Crippen LogP contribution in [-0.2, 0) is 20.8 Å². The number of rotatable bonds is 10. The van der Waals surface area contributed by atoms with Gasteiger partial charge in [-0.1, -0.05) is 30.3 Å². The Bertz CT molecular complexity index is 692. The number of carbonyl (C=O) groups is 4. The summed E-state index contributed by atoms with van der Waals surface area (Å²) in [4.78, 5) is 49.1. The molecule has 1 aromatic carbocycles. The predicted molar refractivity (Wildman–Crippen MR) is 97.9 cm³/mol. The molecule has 0 saturated carbocycles.